The number of ether oxygens (including phenoxy) is 1. The second kappa shape index (κ2) is 6.87. The third-order valence-corrected chi connectivity index (χ3v) is 3.96. The van der Waals surface area contributed by atoms with Gasteiger partial charge >= 0.3 is 0 Å². The van der Waals surface area contributed by atoms with Crippen molar-refractivity contribution in [3.63, 3.8) is 0 Å². The molecule has 1 aromatic rings. The first-order valence-electron chi connectivity index (χ1n) is 6.29. The minimum atomic E-state index is 0.215. The maximum Gasteiger partial charge on any atom is 0.224 e. The largest absolute Gasteiger partial charge is 0.384 e. The predicted molar refractivity (Wildman–Crippen MR) is 72.7 cm³/mol. The zero-order valence-corrected chi connectivity index (χ0v) is 11.6. The van der Waals surface area contributed by atoms with Crippen LogP contribution in [-0.4, -0.2) is 55.6 Å². The molecule has 1 amide bonds. The van der Waals surface area contributed by atoms with E-state index < -0.39 is 0 Å². The van der Waals surface area contributed by atoms with Gasteiger partial charge in [0.1, 0.15) is 0 Å². The number of carbonyl (C=O) groups excluding carboxylic acids is 1. The second-order valence-electron chi connectivity index (χ2n) is 4.53. The van der Waals surface area contributed by atoms with Crippen LogP contribution in [0.5, 0.6) is 0 Å². The number of thiophene rings is 1. The van der Waals surface area contributed by atoms with Crippen molar-refractivity contribution in [1.29, 1.82) is 0 Å². The van der Waals surface area contributed by atoms with Crippen LogP contribution in [0.4, 0.5) is 0 Å². The van der Waals surface area contributed by atoms with Gasteiger partial charge in [-0.1, -0.05) is 0 Å². The lowest BCUT2D eigenvalue weighted by atomic mass is 10.2. The number of hydrogen-bond donors (Lipinski definition) is 0. The Labute approximate surface area is 112 Å². The summed E-state index contributed by atoms with van der Waals surface area (Å²) >= 11 is 1.74. The number of carbonyl (C=O) groups is 1. The van der Waals surface area contributed by atoms with Gasteiger partial charge < -0.3 is 9.64 Å². The average Bonchev–Trinajstić information content (AvgIpc) is 2.89. The molecule has 1 saturated heterocycles. The highest BCUT2D eigenvalue weighted by molar-refractivity contribution is 7.07. The molecule has 0 spiro atoms. The van der Waals surface area contributed by atoms with Gasteiger partial charge in [-0.3, -0.25) is 9.69 Å². The molecule has 0 aromatic carbocycles. The third kappa shape index (κ3) is 3.80. The second-order valence-corrected chi connectivity index (χ2v) is 5.31. The van der Waals surface area contributed by atoms with Crippen LogP contribution in [0, 0.1) is 0 Å². The van der Waals surface area contributed by atoms with E-state index in [0.717, 1.165) is 32.7 Å². The first-order chi connectivity index (χ1) is 8.79. The molecule has 0 aliphatic carbocycles. The van der Waals surface area contributed by atoms with Crippen LogP contribution < -0.4 is 0 Å². The summed E-state index contributed by atoms with van der Waals surface area (Å²) in [6.07, 6.45) is 0.501. The SMILES string of the molecule is COCCC(=O)N1CCN(Cc2ccsc2)CC1. The monoisotopic (exact) mass is 268 g/mol. The third-order valence-electron chi connectivity index (χ3n) is 3.23. The minimum Gasteiger partial charge on any atom is -0.384 e. The van der Waals surface area contributed by atoms with Crippen molar-refractivity contribution in [3.05, 3.63) is 22.4 Å². The number of hydrogen-bond acceptors (Lipinski definition) is 4. The van der Waals surface area contributed by atoms with Crippen LogP contribution in [0.1, 0.15) is 12.0 Å². The fourth-order valence-corrected chi connectivity index (χ4v) is 2.80. The fourth-order valence-electron chi connectivity index (χ4n) is 2.14. The molecule has 0 atom stereocenters. The van der Waals surface area contributed by atoms with Gasteiger partial charge in [0.25, 0.3) is 0 Å². The minimum absolute atomic E-state index is 0.215. The van der Waals surface area contributed by atoms with E-state index in [-0.39, 0.29) is 5.91 Å². The average molecular weight is 268 g/mol. The van der Waals surface area contributed by atoms with Gasteiger partial charge in [-0.15, -0.1) is 0 Å². The first kappa shape index (κ1) is 13.5. The van der Waals surface area contributed by atoms with E-state index in [0.29, 0.717) is 13.0 Å². The lowest BCUT2D eigenvalue weighted by Crippen LogP contribution is -2.48. The van der Waals surface area contributed by atoms with Crippen LogP contribution in [0.15, 0.2) is 16.8 Å². The molecular weight excluding hydrogens is 248 g/mol. The Morgan fingerprint density at radius 1 is 1.39 bits per heavy atom. The molecule has 0 saturated carbocycles. The Hall–Kier alpha value is -0.910. The normalized spacial score (nSPS) is 17.1. The summed E-state index contributed by atoms with van der Waals surface area (Å²) in [6, 6.07) is 2.17. The molecule has 1 aliphatic heterocycles. The lowest BCUT2D eigenvalue weighted by Gasteiger charge is -2.34. The van der Waals surface area contributed by atoms with Gasteiger partial charge in [0.05, 0.1) is 13.0 Å². The molecule has 100 valence electrons. The Balaban J connectivity index is 1.72. The molecular formula is C13H20N2O2S. The molecule has 5 heteroatoms. The number of rotatable bonds is 5. The Bertz CT molecular complexity index is 359. The Kier molecular flexibility index (Phi) is 5.16. The first-order valence-corrected chi connectivity index (χ1v) is 7.24. The van der Waals surface area contributed by atoms with E-state index >= 15 is 0 Å². The summed E-state index contributed by atoms with van der Waals surface area (Å²) in [7, 11) is 1.63. The van der Waals surface area contributed by atoms with E-state index in [9.17, 15) is 4.79 Å². The summed E-state index contributed by atoms with van der Waals surface area (Å²) in [5.74, 6) is 0.215. The smallest absolute Gasteiger partial charge is 0.224 e. The number of amides is 1. The number of piperazine rings is 1. The van der Waals surface area contributed by atoms with Gasteiger partial charge in [-0.25, -0.2) is 0 Å². The van der Waals surface area contributed by atoms with Crippen molar-refractivity contribution < 1.29 is 9.53 Å². The van der Waals surface area contributed by atoms with E-state index in [2.05, 4.69) is 21.7 Å². The molecule has 1 fully saturated rings. The zero-order chi connectivity index (χ0) is 12.8. The maximum atomic E-state index is 11.8. The van der Waals surface area contributed by atoms with E-state index in [1.807, 2.05) is 4.90 Å². The van der Waals surface area contributed by atoms with Crippen molar-refractivity contribution >= 4 is 17.2 Å². The summed E-state index contributed by atoms with van der Waals surface area (Å²) in [5.41, 5.74) is 1.37. The fraction of sp³-hybridized carbons (Fsp3) is 0.615. The Morgan fingerprint density at radius 3 is 2.78 bits per heavy atom. The van der Waals surface area contributed by atoms with Gasteiger partial charge in [-0.2, -0.15) is 11.3 Å². The highest BCUT2D eigenvalue weighted by Crippen LogP contribution is 2.12. The summed E-state index contributed by atoms with van der Waals surface area (Å²) < 4.78 is 4.94. The van der Waals surface area contributed by atoms with E-state index in [4.69, 9.17) is 4.74 Å². The molecule has 2 heterocycles. The van der Waals surface area contributed by atoms with Crippen molar-refractivity contribution in [3.8, 4) is 0 Å². The Morgan fingerprint density at radius 2 is 2.17 bits per heavy atom. The molecule has 18 heavy (non-hydrogen) atoms. The van der Waals surface area contributed by atoms with Crippen molar-refractivity contribution in [1.82, 2.24) is 9.80 Å². The van der Waals surface area contributed by atoms with Gasteiger partial charge in [0.15, 0.2) is 0 Å². The highest BCUT2D eigenvalue weighted by Gasteiger charge is 2.20. The standard InChI is InChI=1S/C13H20N2O2S/c1-17-8-2-13(16)15-6-4-14(5-7-15)10-12-3-9-18-11-12/h3,9,11H,2,4-8,10H2,1H3. The zero-order valence-electron chi connectivity index (χ0n) is 10.8. The maximum absolute atomic E-state index is 11.8. The molecule has 0 radical (unpaired) electrons. The molecule has 1 aromatic heterocycles. The van der Waals surface area contributed by atoms with Gasteiger partial charge in [0, 0.05) is 39.8 Å². The summed E-state index contributed by atoms with van der Waals surface area (Å²) in [6.45, 7) is 5.14. The number of nitrogens with zero attached hydrogens (tertiary/aromatic N) is 2. The lowest BCUT2D eigenvalue weighted by molar-refractivity contribution is -0.133. The van der Waals surface area contributed by atoms with Crippen LogP contribution in [0.3, 0.4) is 0 Å². The quantitative estimate of drug-likeness (QED) is 0.810. The summed E-state index contributed by atoms with van der Waals surface area (Å²) in [4.78, 5) is 16.2. The molecule has 2 rings (SSSR count). The van der Waals surface area contributed by atoms with E-state index in [1.54, 1.807) is 18.4 Å². The van der Waals surface area contributed by atoms with Crippen LogP contribution in [0.25, 0.3) is 0 Å². The van der Waals surface area contributed by atoms with Gasteiger partial charge in [0.2, 0.25) is 5.91 Å². The van der Waals surface area contributed by atoms with Crippen LogP contribution in [-0.2, 0) is 16.1 Å². The van der Waals surface area contributed by atoms with Crippen LogP contribution >= 0.6 is 11.3 Å². The topological polar surface area (TPSA) is 32.8 Å². The predicted octanol–water partition coefficient (Wildman–Crippen LogP) is 1.43. The summed E-state index contributed by atoms with van der Waals surface area (Å²) in [5, 5.41) is 4.30. The van der Waals surface area contributed by atoms with Crippen LogP contribution in [0.2, 0.25) is 0 Å². The van der Waals surface area contributed by atoms with Crippen molar-refractivity contribution in [2.45, 2.75) is 13.0 Å². The molecule has 0 bridgehead atoms. The van der Waals surface area contributed by atoms with Crippen molar-refractivity contribution in [2.75, 3.05) is 39.9 Å². The van der Waals surface area contributed by atoms with E-state index in [1.165, 1.54) is 5.56 Å². The molecule has 1 aliphatic rings. The number of methoxy groups -OCH3 is 1. The molecule has 0 N–H and O–H groups in total. The van der Waals surface area contributed by atoms with Crippen molar-refractivity contribution in [2.24, 2.45) is 0 Å². The highest BCUT2D eigenvalue weighted by atomic mass is 32.1. The van der Waals surface area contributed by atoms with Gasteiger partial charge in [-0.05, 0) is 22.4 Å². The molecule has 4 nitrogen and oxygen atoms in total. The molecule has 0 unspecified atom stereocenters.